The normalized spacial score (nSPS) is 11.0. The molecule has 6 nitrogen and oxygen atoms in total. The number of carbonyl (C=O) groups excluding carboxylic acids is 1. The third-order valence-electron chi connectivity index (χ3n) is 7.16. The Morgan fingerprint density at radius 1 is 1.05 bits per heavy atom. The van der Waals surface area contributed by atoms with Crippen LogP contribution in [0.15, 0.2) is 97.1 Å². The van der Waals surface area contributed by atoms with Crippen molar-refractivity contribution in [2.75, 3.05) is 18.9 Å². The third-order valence-corrected chi connectivity index (χ3v) is 7.16. The molecule has 6 heteroatoms. The van der Waals surface area contributed by atoms with Gasteiger partial charge in [0.2, 0.25) is 0 Å². The molecule has 1 amide bonds. The lowest BCUT2D eigenvalue weighted by molar-refractivity contribution is 0.102. The molecule has 0 unspecified atom stereocenters. The maximum absolute atomic E-state index is 13.6. The van der Waals surface area contributed by atoms with Gasteiger partial charge in [0.05, 0.1) is 28.7 Å². The number of hydrogen-bond acceptors (Lipinski definition) is 5. The first-order valence-corrected chi connectivity index (χ1v) is 14.3. The molecule has 0 aliphatic rings. The summed E-state index contributed by atoms with van der Waals surface area (Å²) in [5.74, 6) is 0.815. The topological polar surface area (TPSA) is 67.4 Å². The van der Waals surface area contributed by atoms with Crippen LogP contribution in [0.1, 0.15) is 60.7 Å². The molecule has 0 atom stereocenters. The van der Waals surface area contributed by atoms with Crippen molar-refractivity contribution < 1.29 is 9.53 Å². The average Bonchev–Trinajstić information content (AvgIpc) is 2.98. The molecule has 0 spiro atoms. The Morgan fingerprint density at radius 2 is 1.81 bits per heavy atom. The first-order valence-electron chi connectivity index (χ1n) is 14.3. The lowest BCUT2D eigenvalue weighted by Crippen LogP contribution is -2.18. The Hall–Kier alpha value is -4.71. The predicted octanol–water partition coefficient (Wildman–Crippen LogP) is 8.69. The van der Waals surface area contributed by atoms with E-state index in [9.17, 15) is 4.79 Å². The summed E-state index contributed by atoms with van der Waals surface area (Å²) in [5.41, 5.74) is 8.68. The van der Waals surface area contributed by atoms with Crippen molar-refractivity contribution in [2.45, 2.75) is 47.5 Å². The van der Waals surface area contributed by atoms with E-state index in [2.05, 4.69) is 41.7 Å². The number of benzene rings is 2. The molecule has 1 N–H and O–H groups in total. The molecule has 4 aromatic rings. The number of allylic oxidation sites excluding steroid dienone is 3. The number of pyridine rings is 2. The summed E-state index contributed by atoms with van der Waals surface area (Å²) in [7, 11) is 2.05. The summed E-state index contributed by atoms with van der Waals surface area (Å²) in [6.07, 6.45) is 7.16. The summed E-state index contributed by atoms with van der Waals surface area (Å²) in [6.45, 7) is 15.3. The summed E-state index contributed by atoms with van der Waals surface area (Å²) < 4.78 is 5.74. The van der Waals surface area contributed by atoms with Gasteiger partial charge in [-0.05, 0) is 94.1 Å². The van der Waals surface area contributed by atoms with E-state index in [1.54, 1.807) is 12.5 Å². The third kappa shape index (κ3) is 7.32. The molecule has 2 aromatic heterocycles. The predicted molar refractivity (Wildman–Crippen MR) is 174 cm³/mol. The molecule has 2 heterocycles. The monoisotopic (exact) mass is 560 g/mol. The van der Waals surface area contributed by atoms with Crippen molar-refractivity contribution in [1.29, 1.82) is 0 Å². The molecule has 0 aliphatic heterocycles. The van der Waals surface area contributed by atoms with Gasteiger partial charge in [0, 0.05) is 43.0 Å². The minimum absolute atomic E-state index is 0.191. The summed E-state index contributed by atoms with van der Waals surface area (Å²) in [5, 5.41) is 3.91. The van der Waals surface area contributed by atoms with Gasteiger partial charge < -0.3 is 15.0 Å². The highest BCUT2D eigenvalue weighted by atomic mass is 16.5. The maximum atomic E-state index is 13.6. The van der Waals surface area contributed by atoms with Crippen molar-refractivity contribution in [3.8, 4) is 11.4 Å². The van der Waals surface area contributed by atoms with Crippen molar-refractivity contribution >= 4 is 28.2 Å². The van der Waals surface area contributed by atoms with Crippen LogP contribution >= 0.6 is 0 Å². The van der Waals surface area contributed by atoms with Gasteiger partial charge in [-0.1, -0.05) is 42.5 Å². The number of rotatable bonds is 11. The molecule has 0 saturated heterocycles. The summed E-state index contributed by atoms with van der Waals surface area (Å²) in [4.78, 5) is 25.1. The summed E-state index contributed by atoms with van der Waals surface area (Å²) >= 11 is 0. The van der Waals surface area contributed by atoms with Crippen LogP contribution in [0, 0.1) is 13.8 Å². The number of hydrogen-bond donors (Lipinski definition) is 1. The standard InChI is InChI=1S/C36H40N4O2/c1-8-20-42-34(24(2)3)13-11-19-40(7)27(6)28-14-16-29(17-15-28)38-36(41)31-23-33(32-12-9-10-18-37-32)39-35-26(5)21-25(4)22-30(31)35/h8-10,12,14-18,20-23H,6,11,13,19H2,1-5,7H3,(H,38,41)/b20-8-. The van der Waals surface area contributed by atoms with Gasteiger partial charge in [-0.15, -0.1) is 0 Å². The highest BCUT2D eigenvalue weighted by Crippen LogP contribution is 2.28. The van der Waals surface area contributed by atoms with E-state index in [0.717, 1.165) is 64.1 Å². The average molecular weight is 561 g/mol. The fourth-order valence-corrected chi connectivity index (χ4v) is 4.87. The summed E-state index contributed by atoms with van der Waals surface area (Å²) in [6, 6.07) is 19.4. The zero-order valence-electron chi connectivity index (χ0n) is 25.5. The largest absolute Gasteiger partial charge is 0.470 e. The van der Waals surface area contributed by atoms with Gasteiger partial charge in [-0.2, -0.15) is 0 Å². The number of amides is 1. The van der Waals surface area contributed by atoms with Crippen molar-refractivity contribution in [3.05, 3.63) is 119 Å². The molecule has 42 heavy (non-hydrogen) atoms. The molecule has 0 bridgehead atoms. The van der Waals surface area contributed by atoms with E-state index in [1.165, 1.54) is 5.57 Å². The highest BCUT2D eigenvalue weighted by Gasteiger charge is 2.17. The Bertz CT molecular complexity index is 1630. The number of anilines is 1. The van der Waals surface area contributed by atoms with E-state index in [4.69, 9.17) is 9.72 Å². The van der Waals surface area contributed by atoms with E-state index in [-0.39, 0.29) is 5.91 Å². The van der Waals surface area contributed by atoms with Crippen LogP contribution in [0.5, 0.6) is 0 Å². The molecule has 2 aromatic carbocycles. The Kier molecular flexibility index (Phi) is 9.92. The number of fused-ring (bicyclic) bond motifs is 1. The zero-order chi connectivity index (χ0) is 30.2. The molecule has 0 saturated carbocycles. The molecule has 0 fully saturated rings. The Balaban J connectivity index is 1.48. The van der Waals surface area contributed by atoms with Gasteiger partial charge in [-0.25, -0.2) is 4.98 Å². The SMILES string of the molecule is C=C(c1ccc(NC(=O)c2cc(-c3ccccn3)nc3c(C)cc(C)cc23)cc1)N(C)CCCC(O/C=C\C)=C(C)C. The smallest absolute Gasteiger partial charge is 0.256 e. The van der Waals surface area contributed by atoms with Crippen molar-refractivity contribution in [3.63, 3.8) is 0 Å². The number of nitrogens with zero attached hydrogens (tertiary/aromatic N) is 3. The Morgan fingerprint density at radius 3 is 2.48 bits per heavy atom. The van der Waals surface area contributed by atoms with Gasteiger partial charge in [0.1, 0.15) is 5.76 Å². The van der Waals surface area contributed by atoms with Gasteiger partial charge in [-0.3, -0.25) is 9.78 Å². The maximum Gasteiger partial charge on any atom is 0.256 e. The first-order chi connectivity index (χ1) is 20.2. The highest BCUT2D eigenvalue weighted by molar-refractivity contribution is 6.13. The number of carbonyl (C=O) groups is 1. The van der Waals surface area contributed by atoms with E-state index in [1.807, 2.05) is 88.5 Å². The lowest BCUT2D eigenvalue weighted by atomic mass is 10.00. The van der Waals surface area contributed by atoms with E-state index < -0.39 is 0 Å². The molecule has 0 aliphatic carbocycles. The lowest BCUT2D eigenvalue weighted by Gasteiger charge is -2.22. The van der Waals surface area contributed by atoms with Crippen molar-refractivity contribution in [2.24, 2.45) is 0 Å². The molecular weight excluding hydrogens is 520 g/mol. The second-order valence-corrected chi connectivity index (χ2v) is 10.8. The molecular formula is C36H40N4O2. The minimum Gasteiger partial charge on any atom is -0.470 e. The number of nitrogens with one attached hydrogen (secondary N) is 1. The van der Waals surface area contributed by atoms with Gasteiger partial charge >= 0.3 is 0 Å². The van der Waals surface area contributed by atoms with Crippen LogP contribution in [0.4, 0.5) is 5.69 Å². The van der Waals surface area contributed by atoms with Crippen LogP contribution in [-0.2, 0) is 4.74 Å². The number of ether oxygens (including phenoxy) is 1. The number of aryl methyl sites for hydroxylation is 2. The second-order valence-electron chi connectivity index (χ2n) is 10.8. The fraction of sp³-hybridized carbons (Fsp3) is 0.250. The quantitative estimate of drug-likeness (QED) is 0.186. The molecule has 0 radical (unpaired) electrons. The molecule has 216 valence electrons. The molecule has 4 rings (SSSR count). The van der Waals surface area contributed by atoms with Crippen LogP contribution in [0.3, 0.4) is 0 Å². The second kappa shape index (κ2) is 13.8. The van der Waals surface area contributed by atoms with Crippen LogP contribution in [-0.4, -0.2) is 34.4 Å². The first kappa shape index (κ1) is 30.3. The minimum atomic E-state index is -0.191. The fourth-order valence-electron chi connectivity index (χ4n) is 4.87. The van der Waals surface area contributed by atoms with Crippen LogP contribution < -0.4 is 5.32 Å². The van der Waals surface area contributed by atoms with Crippen molar-refractivity contribution in [1.82, 2.24) is 14.9 Å². The van der Waals surface area contributed by atoms with Gasteiger partial charge in [0.25, 0.3) is 5.91 Å². The van der Waals surface area contributed by atoms with E-state index in [0.29, 0.717) is 16.9 Å². The van der Waals surface area contributed by atoms with Crippen LogP contribution in [0.25, 0.3) is 28.0 Å². The van der Waals surface area contributed by atoms with Gasteiger partial charge in [0.15, 0.2) is 0 Å². The number of aromatic nitrogens is 2. The van der Waals surface area contributed by atoms with E-state index >= 15 is 0 Å². The van der Waals surface area contributed by atoms with Crippen LogP contribution in [0.2, 0.25) is 0 Å². The zero-order valence-corrected chi connectivity index (χ0v) is 25.5. The Labute approximate surface area is 249 Å².